The number of aliphatic hydroxyl groups is 1. The molecule has 9 rings (SSSR count). The first-order valence-electron chi connectivity index (χ1n) is 30.1. The Bertz CT molecular complexity index is 3380. The zero-order valence-corrected chi connectivity index (χ0v) is 51.4. The Labute approximate surface area is 508 Å². The summed E-state index contributed by atoms with van der Waals surface area (Å²) in [5, 5.41) is 13.8. The van der Waals surface area contributed by atoms with Gasteiger partial charge in [-0.3, -0.25) is 24.0 Å². The number of fused-ring (bicyclic) bond motifs is 1. The van der Waals surface area contributed by atoms with E-state index in [9.17, 15) is 29.1 Å². The number of likely N-dealkylation sites (tertiary alicyclic amines) is 1. The number of rotatable bonds is 29. The lowest BCUT2D eigenvalue weighted by Crippen LogP contribution is -2.55. The third kappa shape index (κ3) is 15.5. The summed E-state index contributed by atoms with van der Waals surface area (Å²) in [6.45, 7) is 19.0. The predicted octanol–water partition coefficient (Wildman–Crippen LogP) is 8.99. The van der Waals surface area contributed by atoms with Crippen molar-refractivity contribution < 1.29 is 52.7 Å². The van der Waals surface area contributed by atoms with Gasteiger partial charge >= 0.3 is 0 Å². The van der Waals surface area contributed by atoms with Gasteiger partial charge in [0, 0.05) is 91.9 Å². The van der Waals surface area contributed by atoms with Crippen LogP contribution in [0.2, 0.25) is 0 Å². The molecule has 3 amide bonds. The van der Waals surface area contributed by atoms with E-state index >= 15 is 0 Å². The number of carbonyl (C=O) groups excluding carboxylic acids is 4. The van der Waals surface area contributed by atoms with Crippen molar-refractivity contribution in [2.75, 3.05) is 84.1 Å². The van der Waals surface area contributed by atoms with Gasteiger partial charge in [-0.1, -0.05) is 56.3 Å². The van der Waals surface area contributed by atoms with Crippen LogP contribution in [0.1, 0.15) is 106 Å². The van der Waals surface area contributed by atoms with Crippen LogP contribution < -0.4 is 25.2 Å². The summed E-state index contributed by atoms with van der Waals surface area (Å²) in [7, 11) is 0. The van der Waals surface area contributed by atoms with Crippen molar-refractivity contribution in [3.8, 4) is 33.1 Å². The summed E-state index contributed by atoms with van der Waals surface area (Å²) in [6, 6.07) is 25.7. The minimum absolute atomic E-state index is 0.00283. The zero-order chi connectivity index (χ0) is 60.9. The van der Waals surface area contributed by atoms with Gasteiger partial charge in [-0.2, -0.15) is 0 Å². The highest BCUT2D eigenvalue weighted by molar-refractivity contribution is 7.13. The molecular formula is C67H82N6O12S. The summed E-state index contributed by atoms with van der Waals surface area (Å²) < 4.78 is 35.4. The molecule has 86 heavy (non-hydrogen) atoms. The zero-order valence-electron chi connectivity index (χ0n) is 50.6. The number of ether oxygens (including phenoxy) is 6. The third-order valence-corrected chi connectivity index (χ3v) is 17.4. The van der Waals surface area contributed by atoms with Gasteiger partial charge in [-0.25, -0.2) is 4.98 Å². The van der Waals surface area contributed by atoms with Crippen molar-refractivity contribution in [2.45, 2.75) is 118 Å². The fraction of sp³-hybridized carbons (Fsp3) is 0.463. The van der Waals surface area contributed by atoms with Crippen LogP contribution in [-0.2, 0) is 48.0 Å². The Morgan fingerprint density at radius 3 is 2.19 bits per heavy atom. The molecule has 3 aliphatic heterocycles. The molecule has 4 aromatic carbocycles. The number of nitrogens with zero attached hydrogens (tertiary/aromatic N) is 4. The largest absolute Gasteiger partial charge is 0.491 e. The van der Waals surface area contributed by atoms with E-state index in [4.69, 9.17) is 28.4 Å². The molecule has 458 valence electrons. The molecule has 19 heteroatoms. The summed E-state index contributed by atoms with van der Waals surface area (Å²) >= 11 is 1.52. The van der Waals surface area contributed by atoms with Crippen molar-refractivity contribution in [3.05, 3.63) is 151 Å². The van der Waals surface area contributed by atoms with Crippen molar-refractivity contribution in [2.24, 2.45) is 5.92 Å². The summed E-state index contributed by atoms with van der Waals surface area (Å²) in [6.07, 6.45) is 1.60. The second-order valence-electron chi connectivity index (χ2n) is 22.7. The van der Waals surface area contributed by atoms with Crippen LogP contribution >= 0.6 is 11.3 Å². The van der Waals surface area contributed by atoms with Crippen LogP contribution in [0.3, 0.4) is 0 Å². The Kier molecular flexibility index (Phi) is 22.0. The highest BCUT2D eigenvalue weighted by Gasteiger charge is 2.46. The molecule has 2 aromatic heterocycles. The highest BCUT2D eigenvalue weighted by Crippen LogP contribution is 2.37. The van der Waals surface area contributed by atoms with Crippen molar-refractivity contribution >= 4 is 40.5 Å². The Morgan fingerprint density at radius 1 is 0.837 bits per heavy atom. The van der Waals surface area contributed by atoms with E-state index < -0.39 is 24.1 Å². The number of H-pyrrole nitrogens is 1. The van der Waals surface area contributed by atoms with Crippen LogP contribution in [0.15, 0.2) is 95.2 Å². The summed E-state index contributed by atoms with van der Waals surface area (Å²) in [5.41, 5.74) is 12.5. The second kappa shape index (κ2) is 29.9. The first-order valence-corrected chi connectivity index (χ1v) is 31.0. The fourth-order valence-corrected chi connectivity index (χ4v) is 12.8. The number of aromatic amines is 1. The standard InChI is InChI=1S/C67H82N6O12S/c1-8-71(52-21-23-80-24-22-52)58-35-51(34-57(45(58)6)60(75)20-19-55-43(4)33-44(5)70-64(55)76)47-15-17-54(18-16-47)84-31-29-82-27-25-81-26-28-83-30-32-85-61-36-48(63-46(7)69-41-86-63)13-14-49(61)38-68-65(77)59-37-53(74)40-72(59)67(79)62(42(2)3)73-39-50-11-9-10-12-56(50)66(73)78/h9-18,33-36,41-42,52-53,59,62,74H,8,19-32,37-40H2,1-7H3,(H,68,77)(H,70,76)/t53-,59?,62+/m1/s1. The Balaban J connectivity index is 0.708. The molecule has 0 bridgehead atoms. The number of thiazole rings is 1. The van der Waals surface area contributed by atoms with Gasteiger partial charge in [0.05, 0.1) is 61.8 Å². The monoisotopic (exact) mass is 1190 g/mol. The SMILES string of the molecule is CCN(c1cc(-c2ccc(OCCOCCOCCOCCOc3cc(-c4scnc4C)ccc3CNC(=O)C3C[C@@H](O)CN3C(=O)[C@H](C(C)C)N3Cc4ccccc4C3=O)cc2)cc(C(=O)CCc2c(C)cc(C)[nH]c2=O)c1C)C1CCOCC1. The lowest BCUT2D eigenvalue weighted by molar-refractivity contribution is -0.143. The maximum Gasteiger partial charge on any atom is 0.255 e. The number of ketones is 1. The number of β-amino-alcohol motifs (C(OH)–C–C–N with tert-alkyl or cyclic N) is 1. The molecule has 6 aromatic rings. The molecule has 1 unspecified atom stereocenters. The number of aromatic nitrogens is 2. The van der Waals surface area contributed by atoms with Crippen LogP contribution in [-0.4, -0.2) is 152 Å². The molecule has 18 nitrogen and oxygen atoms in total. The first kappa shape index (κ1) is 63.2. The minimum Gasteiger partial charge on any atom is -0.491 e. The number of nitrogens with one attached hydrogen (secondary N) is 2. The van der Waals surface area contributed by atoms with E-state index in [2.05, 4.69) is 33.2 Å². The molecule has 3 N–H and O–H groups in total. The van der Waals surface area contributed by atoms with E-state index in [-0.39, 0.29) is 68.2 Å². The van der Waals surface area contributed by atoms with E-state index in [1.165, 1.54) is 16.2 Å². The quantitative estimate of drug-likeness (QED) is 0.0296. The number of carbonyl (C=O) groups is 4. The van der Waals surface area contributed by atoms with Gasteiger partial charge in [0.25, 0.3) is 11.5 Å². The molecule has 2 saturated heterocycles. The molecule has 0 saturated carbocycles. The molecule has 2 fully saturated rings. The smallest absolute Gasteiger partial charge is 0.255 e. The molecule has 0 radical (unpaired) electrons. The van der Waals surface area contributed by atoms with E-state index in [1.54, 1.807) is 16.5 Å². The van der Waals surface area contributed by atoms with Gasteiger partial charge in [-0.05, 0) is 136 Å². The summed E-state index contributed by atoms with van der Waals surface area (Å²) in [5.74, 6) is 0.0409. The number of hydrogen-bond donors (Lipinski definition) is 3. The number of amides is 3. The number of benzene rings is 4. The minimum atomic E-state index is -0.923. The van der Waals surface area contributed by atoms with E-state index in [0.29, 0.717) is 100 Å². The lowest BCUT2D eigenvalue weighted by Gasteiger charge is -2.37. The number of Topliss-reactive ketones (excluding diaryl/α,β-unsaturated/α-hetero) is 1. The van der Waals surface area contributed by atoms with E-state index in [0.717, 1.165) is 80.3 Å². The first-order chi connectivity index (χ1) is 41.6. The maximum atomic E-state index is 14.3. The van der Waals surface area contributed by atoms with Gasteiger partial charge < -0.3 is 58.5 Å². The van der Waals surface area contributed by atoms with Gasteiger partial charge in [-0.15, -0.1) is 11.3 Å². The van der Waals surface area contributed by atoms with Gasteiger partial charge in [0.15, 0.2) is 5.78 Å². The maximum absolute atomic E-state index is 14.3. The topological polar surface area (TPSA) is 211 Å². The average molecular weight is 1200 g/mol. The normalized spacial score (nSPS) is 16.4. The molecular weight excluding hydrogens is 1110 g/mol. The number of aryl methyl sites for hydroxylation is 3. The Hall–Kier alpha value is -7.26. The average Bonchev–Trinajstić information content (AvgIpc) is 1.71. The molecule has 5 heterocycles. The van der Waals surface area contributed by atoms with Crippen LogP contribution in [0.5, 0.6) is 11.5 Å². The van der Waals surface area contributed by atoms with Crippen molar-refractivity contribution in [1.29, 1.82) is 0 Å². The number of aliphatic hydroxyl groups excluding tert-OH is 1. The molecule has 3 aliphatic rings. The predicted molar refractivity (Wildman–Crippen MR) is 331 cm³/mol. The number of pyridine rings is 1. The fourth-order valence-electron chi connectivity index (χ4n) is 12.0. The second-order valence-corrected chi connectivity index (χ2v) is 23.6. The molecule has 0 aliphatic carbocycles. The van der Waals surface area contributed by atoms with E-state index in [1.807, 2.05) is 114 Å². The molecule has 3 atom stereocenters. The van der Waals surface area contributed by atoms with Gasteiger partial charge in [0.1, 0.15) is 36.8 Å². The van der Waals surface area contributed by atoms with Crippen molar-refractivity contribution in [3.63, 3.8) is 0 Å². The summed E-state index contributed by atoms with van der Waals surface area (Å²) in [4.78, 5) is 82.4. The van der Waals surface area contributed by atoms with Crippen LogP contribution in [0, 0.1) is 33.6 Å². The molecule has 0 spiro atoms. The number of hydrogen-bond acceptors (Lipinski definition) is 15. The Morgan fingerprint density at radius 2 is 1.52 bits per heavy atom. The number of anilines is 1. The van der Waals surface area contributed by atoms with Crippen LogP contribution in [0.25, 0.3) is 21.6 Å². The van der Waals surface area contributed by atoms with Gasteiger partial charge in [0.2, 0.25) is 11.8 Å². The third-order valence-electron chi connectivity index (χ3n) is 16.4. The van der Waals surface area contributed by atoms with Crippen molar-refractivity contribution in [1.82, 2.24) is 25.1 Å². The van der Waals surface area contributed by atoms with Crippen LogP contribution in [0.4, 0.5) is 5.69 Å². The highest BCUT2D eigenvalue weighted by atomic mass is 32.1. The lowest BCUT2D eigenvalue weighted by atomic mass is 9.92.